The van der Waals surface area contributed by atoms with Crippen molar-refractivity contribution in [3.05, 3.63) is 82.8 Å². The van der Waals surface area contributed by atoms with Gasteiger partial charge < -0.3 is 14.8 Å². The Hall–Kier alpha value is -3.12. The van der Waals surface area contributed by atoms with Gasteiger partial charge in [0.25, 0.3) is 5.91 Å². The number of hydrogen-bond donors (Lipinski definition) is 1. The zero-order valence-electron chi connectivity index (χ0n) is 14.7. The Labute approximate surface area is 166 Å². The molecule has 2 aromatic carbocycles. The SMILES string of the molecule is O=C(NCc1ccc(Oc2cccc(F)c2)nc1)C1Cc2cc(Cl)ccc2O1. The third-order valence-electron chi connectivity index (χ3n) is 4.27. The summed E-state index contributed by atoms with van der Waals surface area (Å²) < 4.78 is 24.4. The maximum atomic E-state index is 13.2. The Balaban J connectivity index is 1.31. The van der Waals surface area contributed by atoms with Crippen molar-refractivity contribution in [3.63, 3.8) is 0 Å². The fourth-order valence-corrected chi connectivity index (χ4v) is 3.09. The molecule has 1 N–H and O–H groups in total. The van der Waals surface area contributed by atoms with Gasteiger partial charge in [-0.1, -0.05) is 23.7 Å². The van der Waals surface area contributed by atoms with E-state index in [1.54, 1.807) is 42.6 Å². The second kappa shape index (κ2) is 7.86. The van der Waals surface area contributed by atoms with Gasteiger partial charge in [0, 0.05) is 36.3 Å². The number of halogens is 2. The first-order valence-electron chi connectivity index (χ1n) is 8.68. The van der Waals surface area contributed by atoms with Crippen LogP contribution in [-0.4, -0.2) is 17.0 Å². The molecule has 1 amide bonds. The largest absolute Gasteiger partial charge is 0.480 e. The summed E-state index contributed by atoms with van der Waals surface area (Å²) in [4.78, 5) is 16.5. The molecule has 0 saturated carbocycles. The number of nitrogens with zero attached hydrogens (tertiary/aromatic N) is 1. The molecule has 0 radical (unpaired) electrons. The van der Waals surface area contributed by atoms with Gasteiger partial charge in [-0.3, -0.25) is 4.79 Å². The summed E-state index contributed by atoms with van der Waals surface area (Å²) in [6, 6.07) is 14.6. The number of pyridine rings is 1. The Morgan fingerprint density at radius 1 is 1.25 bits per heavy atom. The minimum Gasteiger partial charge on any atom is -0.480 e. The number of ether oxygens (including phenoxy) is 2. The highest BCUT2D eigenvalue weighted by Crippen LogP contribution is 2.31. The van der Waals surface area contributed by atoms with Crippen molar-refractivity contribution in [1.82, 2.24) is 10.3 Å². The number of benzene rings is 2. The molecule has 0 fully saturated rings. The van der Waals surface area contributed by atoms with Crippen LogP contribution in [0.5, 0.6) is 17.4 Å². The lowest BCUT2D eigenvalue weighted by Crippen LogP contribution is -2.37. The smallest absolute Gasteiger partial charge is 0.261 e. The molecule has 2 heterocycles. The molecule has 0 bridgehead atoms. The molecule has 3 aromatic rings. The predicted octanol–water partition coefficient (Wildman–Crippen LogP) is 4.29. The molecule has 0 spiro atoms. The highest BCUT2D eigenvalue weighted by molar-refractivity contribution is 6.30. The second-order valence-corrected chi connectivity index (χ2v) is 6.78. The van der Waals surface area contributed by atoms with Crippen LogP contribution in [0.15, 0.2) is 60.8 Å². The van der Waals surface area contributed by atoms with E-state index in [9.17, 15) is 9.18 Å². The van der Waals surface area contributed by atoms with E-state index in [1.165, 1.54) is 12.1 Å². The lowest BCUT2D eigenvalue weighted by Gasteiger charge is -2.11. The zero-order valence-corrected chi connectivity index (χ0v) is 15.4. The number of rotatable bonds is 5. The summed E-state index contributed by atoms with van der Waals surface area (Å²) in [5, 5.41) is 3.46. The predicted molar refractivity (Wildman–Crippen MR) is 102 cm³/mol. The van der Waals surface area contributed by atoms with Crippen LogP contribution in [0.25, 0.3) is 0 Å². The number of carbonyl (C=O) groups excluding carboxylic acids is 1. The van der Waals surface area contributed by atoms with Crippen LogP contribution in [0, 0.1) is 5.82 Å². The molecule has 142 valence electrons. The fourth-order valence-electron chi connectivity index (χ4n) is 2.89. The van der Waals surface area contributed by atoms with Crippen molar-refractivity contribution in [2.45, 2.75) is 19.1 Å². The van der Waals surface area contributed by atoms with E-state index in [4.69, 9.17) is 21.1 Å². The van der Waals surface area contributed by atoms with Crippen molar-refractivity contribution in [2.24, 2.45) is 0 Å². The molecular weight excluding hydrogens is 383 g/mol. The topological polar surface area (TPSA) is 60.5 Å². The number of aromatic nitrogens is 1. The molecule has 1 atom stereocenters. The Morgan fingerprint density at radius 2 is 2.14 bits per heavy atom. The molecule has 5 nitrogen and oxygen atoms in total. The van der Waals surface area contributed by atoms with E-state index in [0.717, 1.165) is 11.1 Å². The van der Waals surface area contributed by atoms with Crippen LogP contribution >= 0.6 is 11.6 Å². The maximum Gasteiger partial charge on any atom is 0.261 e. The lowest BCUT2D eigenvalue weighted by atomic mass is 10.1. The summed E-state index contributed by atoms with van der Waals surface area (Å²) in [6.07, 6.45) is 1.51. The number of nitrogens with one attached hydrogen (secondary N) is 1. The summed E-state index contributed by atoms with van der Waals surface area (Å²) >= 11 is 5.97. The second-order valence-electron chi connectivity index (χ2n) is 6.34. The number of hydrogen-bond acceptors (Lipinski definition) is 4. The van der Waals surface area contributed by atoms with Gasteiger partial charge in [0.2, 0.25) is 5.88 Å². The first-order chi connectivity index (χ1) is 13.6. The van der Waals surface area contributed by atoms with Crippen molar-refractivity contribution in [1.29, 1.82) is 0 Å². The average Bonchev–Trinajstić information content (AvgIpc) is 3.10. The summed E-state index contributed by atoms with van der Waals surface area (Å²) in [6.45, 7) is 0.309. The van der Waals surface area contributed by atoms with Crippen LogP contribution in [0.4, 0.5) is 4.39 Å². The number of amides is 1. The third-order valence-corrected chi connectivity index (χ3v) is 4.51. The first-order valence-corrected chi connectivity index (χ1v) is 9.06. The van der Waals surface area contributed by atoms with Gasteiger partial charge in [-0.05, 0) is 41.5 Å². The first kappa shape index (κ1) is 18.3. The molecule has 1 unspecified atom stereocenters. The van der Waals surface area contributed by atoms with Crippen molar-refractivity contribution >= 4 is 17.5 Å². The minimum atomic E-state index is -0.572. The summed E-state index contributed by atoms with van der Waals surface area (Å²) in [5.41, 5.74) is 1.73. The maximum absolute atomic E-state index is 13.2. The Bertz CT molecular complexity index is 1010. The van der Waals surface area contributed by atoms with E-state index < -0.39 is 6.10 Å². The van der Waals surface area contributed by atoms with E-state index in [0.29, 0.717) is 35.4 Å². The Kier molecular flexibility index (Phi) is 5.12. The summed E-state index contributed by atoms with van der Waals surface area (Å²) in [5.74, 6) is 0.812. The number of carbonyl (C=O) groups is 1. The van der Waals surface area contributed by atoms with Crippen molar-refractivity contribution in [2.75, 3.05) is 0 Å². The summed E-state index contributed by atoms with van der Waals surface area (Å²) in [7, 11) is 0. The van der Waals surface area contributed by atoms with Crippen molar-refractivity contribution in [3.8, 4) is 17.4 Å². The van der Waals surface area contributed by atoms with Gasteiger partial charge in [0.15, 0.2) is 6.10 Å². The third kappa shape index (κ3) is 4.23. The van der Waals surface area contributed by atoms with Gasteiger partial charge >= 0.3 is 0 Å². The molecule has 1 aliphatic heterocycles. The van der Waals surface area contributed by atoms with E-state index in [1.807, 2.05) is 6.07 Å². The molecule has 0 saturated heterocycles. The lowest BCUT2D eigenvalue weighted by molar-refractivity contribution is -0.127. The van der Waals surface area contributed by atoms with Crippen LogP contribution in [-0.2, 0) is 17.8 Å². The molecule has 0 aliphatic carbocycles. The van der Waals surface area contributed by atoms with Crippen LogP contribution in [0.1, 0.15) is 11.1 Å². The van der Waals surface area contributed by atoms with E-state index in [-0.39, 0.29) is 11.7 Å². The average molecular weight is 399 g/mol. The fraction of sp³-hybridized carbons (Fsp3) is 0.143. The van der Waals surface area contributed by atoms with Gasteiger partial charge in [-0.25, -0.2) is 9.37 Å². The Morgan fingerprint density at radius 3 is 2.93 bits per heavy atom. The molecule has 4 rings (SSSR count). The van der Waals surface area contributed by atoms with Crippen LogP contribution in [0.2, 0.25) is 5.02 Å². The van der Waals surface area contributed by atoms with Crippen LogP contribution in [0.3, 0.4) is 0 Å². The van der Waals surface area contributed by atoms with E-state index >= 15 is 0 Å². The molecular formula is C21H16ClFN2O3. The van der Waals surface area contributed by atoms with E-state index in [2.05, 4.69) is 10.3 Å². The van der Waals surface area contributed by atoms with Gasteiger partial charge in [0.1, 0.15) is 17.3 Å². The van der Waals surface area contributed by atoms with Crippen molar-refractivity contribution < 1.29 is 18.7 Å². The highest BCUT2D eigenvalue weighted by atomic mass is 35.5. The highest BCUT2D eigenvalue weighted by Gasteiger charge is 2.28. The van der Waals surface area contributed by atoms with Gasteiger partial charge in [-0.15, -0.1) is 0 Å². The van der Waals surface area contributed by atoms with Gasteiger partial charge in [-0.2, -0.15) is 0 Å². The molecule has 7 heteroatoms. The minimum absolute atomic E-state index is 0.201. The number of fused-ring (bicyclic) bond motifs is 1. The zero-order chi connectivity index (χ0) is 19.5. The molecule has 1 aromatic heterocycles. The van der Waals surface area contributed by atoms with Gasteiger partial charge in [0.05, 0.1) is 0 Å². The quantitative estimate of drug-likeness (QED) is 0.696. The molecule has 28 heavy (non-hydrogen) atoms. The molecule has 1 aliphatic rings. The van der Waals surface area contributed by atoms with Crippen LogP contribution < -0.4 is 14.8 Å². The normalized spacial score (nSPS) is 14.9. The monoisotopic (exact) mass is 398 g/mol. The standard InChI is InChI=1S/C21H16ClFN2O3/c22-15-5-6-18-14(8-15)9-19(28-18)21(26)25-12-13-4-7-20(24-11-13)27-17-3-1-2-16(23)10-17/h1-8,10-11,19H,9,12H2,(H,25,26).